The van der Waals surface area contributed by atoms with Crippen molar-refractivity contribution in [3.8, 4) is 5.75 Å². The lowest BCUT2D eigenvalue weighted by Crippen LogP contribution is -1.96. The largest absolute Gasteiger partial charge is 0.508 e. The summed E-state index contributed by atoms with van der Waals surface area (Å²) in [7, 11) is 0. The summed E-state index contributed by atoms with van der Waals surface area (Å²) in [6, 6.07) is 6.04. The number of aromatic hydroxyl groups is 1. The summed E-state index contributed by atoms with van der Waals surface area (Å²) in [6.45, 7) is 4.49. The number of phenols is 1. The van der Waals surface area contributed by atoms with Crippen LogP contribution in [0.3, 0.4) is 0 Å². The summed E-state index contributed by atoms with van der Waals surface area (Å²) in [5.41, 5.74) is 2.58. The minimum absolute atomic E-state index is 0.507. The molecule has 1 nitrogen and oxygen atoms in total. The van der Waals surface area contributed by atoms with Gasteiger partial charge in [0.2, 0.25) is 0 Å². The molecule has 114 valence electrons. The molecule has 0 atom stereocenters. The number of aryl methyl sites for hydroxylation is 1. The molecule has 0 amide bonds. The smallest absolute Gasteiger partial charge is 0.119 e. The number of phenolic OH excluding ortho intramolecular Hbond substituents is 1. The normalized spacial score (nSPS) is 10.9. The van der Waals surface area contributed by atoms with Gasteiger partial charge in [-0.15, -0.1) is 0 Å². The van der Waals surface area contributed by atoms with Gasteiger partial charge in [-0.2, -0.15) is 0 Å². The Morgan fingerprint density at radius 3 is 2.05 bits per heavy atom. The van der Waals surface area contributed by atoms with Crippen LogP contribution in [-0.2, 0) is 12.8 Å². The van der Waals surface area contributed by atoms with Crippen LogP contribution in [0.5, 0.6) is 5.75 Å². The molecule has 0 aliphatic rings. The van der Waals surface area contributed by atoms with E-state index in [9.17, 15) is 5.11 Å². The molecule has 0 heterocycles. The zero-order valence-electron chi connectivity index (χ0n) is 13.5. The molecule has 0 radical (unpaired) electrons. The van der Waals surface area contributed by atoms with E-state index in [0.717, 1.165) is 12.8 Å². The maximum Gasteiger partial charge on any atom is 0.119 e. The first-order valence-electron chi connectivity index (χ1n) is 8.59. The molecule has 0 fully saturated rings. The molecule has 1 aromatic carbocycles. The molecule has 0 spiro atoms. The Hall–Kier alpha value is -0.980. The number of rotatable bonds is 11. The maximum absolute atomic E-state index is 10.1. The highest BCUT2D eigenvalue weighted by Crippen LogP contribution is 2.25. The molecule has 0 saturated carbocycles. The van der Waals surface area contributed by atoms with Crippen molar-refractivity contribution in [3.63, 3.8) is 0 Å². The van der Waals surface area contributed by atoms with Gasteiger partial charge in [-0.1, -0.05) is 70.9 Å². The van der Waals surface area contributed by atoms with Crippen LogP contribution in [0.1, 0.15) is 82.8 Å². The molecule has 20 heavy (non-hydrogen) atoms. The second-order valence-electron chi connectivity index (χ2n) is 5.89. The van der Waals surface area contributed by atoms with Gasteiger partial charge < -0.3 is 5.11 Å². The number of benzene rings is 1. The first-order chi connectivity index (χ1) is 9.79. The Labute approximate surface area is 125 Å². The fourth-order valence-electron chi connectivity index (χ4n) is 2.79. The highest BCUT2D eigenvalue weighted by Gasteiger charge is 2.07. The molecule has 0 bridgehead atoms. The van der Waals surface area contributed by atoms with Crippen LogP contribution in [0.15, 0.2) is 18.2 Å². The van der Waals surface area contributed by atoms with E-state index in [0.29, 0.717) is 5.75 Å². The Bertz CT molecular complexity index is 357. The Balaban J connectivity index is 2.45. The van der Waals surface area contributed by atoms with Crippen LogP contribution < -0.4 is 0 Å². The van der Waals surface area contributed by atoms with Gasteiger partial charge >= 0.3 is 0 Å². The molecule has 0 unspecified atom stereocenters. The van der Waals surface area contributed by atoms with E-state index in [2.05, 4.69) is 19.9 Å². The average molecular weight is 276 g/mol. The fraction of sp³-hybridized carbons (Fsp3) is 0.684. The first kappa shape index (κ1) is 17.1. The first-order valence-corrected chi connectivity index (χ1v) is 8.59. The standard InChI is InChI=1S/C19H32O/c1-3-5-7-9-10-13-17-14-12-16-19(20)18(17)15-11-8-6-4-2/h12,14,16,20H,3-11,13,15H2,1-2H3. The molecule has 1 aromatic rings. The summed E-state index contributed by atoms with van der Waals surface area (Å²) in [6.07, 6.45) is 13.8. The molecular formula is C19H32O. The fourth-order valence-corrected chi connectivity index (χ4v) is 2.79. The van der Waals surface area contributed by atoms with Gasteiger partial charge in [-0.3, -0.25) is 0 Å². The monoisotopic (exact) mass is 276 g/mol. The van der Waals surface area contributed by atoms with Gasteiger partial charge in [0.15, 0.2) is 0 Å². The molecule has 0 saturated heterocycles. The van der Waals surface area contributed by atoms with Crippen LogP contribution in [-0.4, -0.2) is 5.11 Å². The molecule has 1 N–H and O–H groups in total. The van der Waals surface area contributed by atoms with Gasteiger partial charge in [0, 0.05) is 0 Å². The lowest BCUT2D eigenvalue weighted by Gasteiger charge is -2.11. The van der Waals surface area contributed by atoms with Gasteiger partial charge in [-0.25, -0.2) is 0 Å². The highest BCUT2D eigenvalue weighted by atomic mass is 16.3. The quantitative estimate of drug-likeness (QED) is 0.489. The van der Waals surface area contributed by atoms with Crippen molar-refractivity contribution < 1.29 is 5.11 Å². The van der Waals surface area contributed by atoms with Crippen molar-refractivity contribution in [3.05, 3.63) is 29.3 Å². The van der Waals surface area contributed by atoms with Gasteiger partial charge in [0.1, 0.15) is 5.75 Å². The minimum atomic E-state index is 0.507. The van der Waals surface area contributed by atoms with Crippen LogP contribution in [0, 0.1) is 0 Å². The minimum Gasteiger partial charge on any atom is -0.508 e. The van der Waals surface area contributed by atoms with Crippen LogP contribution in [0.25, 0.3) is 0 Å². The topological polar surface area (TPSA) is 20.2 Å². The third-order valence-corrected chi connectivity index (χ3v) is 4.08. The highest BCUT2D eigenvalue weighted by molar-refractivity contribution is 5.39. The Morgan fingerprint density at radius 2 is 1.35 bits per heavy atom. The van der Waals surface area contributed by atoms with Gasteiger partial charge in [0.05, 0.1) is 0 Å². The van der Waals surface area contributed by atoms with Crippen molar-refractivity contribution in [2.75, 3.05) is 0 Å². The third-order valence-electron chi connectivity index (χ3n) is 4.08. The van der Waals surface area contributed by atoms with Gasteiger partial charge in [-0.05, 0) is 42.9 Å². The summed E-state index contributed by atoms with van der Waals surface area (Å²) in [5, 5.41) is 10.1. The van der Waals surface area contributed by atoms with Crippen LogP contribution in [0.2, 0.25) is 0 Å². The van der Waals surface area contributed by atoms with E-state index in [-0.39, 0.29) is 0 Å². The van der Waals surface area contributed by atoms with E-state index >= 15 is 0 Å². The number of unbranched alkanes of at least 4 members (excludes halogenated alkanes) is 7. The molecule has 0 aliphatic heterocycles. The second kappa shape index (κ2) is 10.8. The number of hydrogen-bond acceptors (Lipinski definition) is 1. The van der Waals surface area contributed by atoms with E-state index in [4.69, 9.17) is 0 Å². The summed E-state index contributed by atoms with van der Waals surface area (Å²) < 4.78 is 0. The van der Waals surface area contributed by atoms with Crippen molar-refractivity contribution in [1.29, 1.82) is 0 Å². The van der Waals surface area contributed by atoms with E-state index in [1.807, 2.05) is 12.1 Å². The van der Waals surface area contributed by atoms with E-state index in [1.54, 1.807) is 0 Å². The van der Waals surface area contributed by atoms with E-state index in [1.165, 1.54) is 68.9 Å². The van der Waals surface area contributed by atoms with E-state index < -0.39 is 0 Å². The lowest BCUT2D eigenvalue weighted by molar-refractivity contribution is 0.464. The Kier molecular flexibility index (Phi) is 9.19. The summed E-state index contributed by atoms with van der Waals surface area (Å²) in [5.74, 6) is 0.507. The predicted octanol–water partition coefficient (Wildman–Crippen LogP) is 6.03. The zero-order valence-corrected chi connectivity index (χ0v) is 13.5. The van der Waals surface area contributed by atoms with Crippen molar-refractivity contribution in [2.24, 2.45) is 0 Å². The third kappa shape index (κ3) is 6.45. The maximum atomic E-state index is 10.1. The zero-order chi connectivity index (χ0) is 14.6. The molecule has 1 rings (SSSR count). The predicted molar refractivity (Wildman–Crippen MR) is 88.4 cm³/mol. The Morgan fingerprint density at radius 1 is 0.750 bits per heavy atom. The van der Waals surface area contributed by atoms with Crippen LogP contribution in [0.4, 0.5) is 0 Å². The molecule has 0 aromatic heterocycles. The van der Waals surface area contributed by atoms with Crippen molar-refractivity contribution in [2.45, 2.75) is 84.5 Å². The van der Waals surface area contributed by atoms with Gasteiger partial charge in [0.25, 0.3) is 0 Å². The summed E-state index contributed by atoms with van der Waals surface area (Å²) >= 11 is 0. The van der Waals surface area contributed by atoms with Crippen molar-refractivity contribution >= 4 is 0 Å². The number of hydrogen-bond donors (Lipinski definition) is 1. The molecular weight excluding hydrogens is 244 g/mol. The van der Waals surface area contributed by atoms with Crippen molar-refractivity contribution in [1.82, 2.24) is 0 Å². The lowest BCUT2D eigenvalue weighted by atomic mass is 9.96. The SMILES string of the molecule is CCCCCCCc1cccc(O)c1CCCCCC. The van der Waals surface area contributed by atoms with Crippen LogP contribution >= 0.6 is 0 Å². The average Bonchev–Trinajstić information content (AvgIpc) is 2.45. The second-order valence-corrected chi connectivity index (χ2v) is 5.89. The molecule has 1 heteroatoms. The molecule has 0 aliphatic carbocycles. The summed E-state index contributed by atoms with van der Waals surface area (Å²) in [4.78, 5) is 0.